The Kier molecular flexibility index (Phi) is 5.02. The van der Waals surface area contributed by atoms with Gasteiger partial charge in [0.2, 0.25) is 0 Å². The van der Waals surface area contributed by atoms with Gasteiger partial charge in [-0.25, -0.2) is 5.21 Å². The average molecular weight is 366 g/mol. The van der Waals surface area contributed by atoms with Crippen molar-refractivity contribution in [3.63, 3.8) is 0 Å². The number of hydrogen-bond donors (Lipinski definition) is 1. The highest BCUT2D eigenvalue weighted by Gasteiger charge is 2.51. The Labute approximate surface area is 160 Å². The van der Waals surface area contributed by atoms with Gasteiger partial charge in [0.1, 0.15) is 30.7 Å². The molecule has 4 nitrogen and oxygen atoms in total. The molecule has 1 N–H and O–H groups in total. The standard InChI is InChI=1S/C23H28NO3/c1-27-21-9-5-8-19(15-21)23-22-11-10-20(25)14-18(22)12-13-24(23,26)16-17-6-3-2-4-7-17/h2-9,15,18,22-23,26H,10-14,16H2,1H3/q+1. The van der Waals surface area contributed by atoms with Crippen molar-refractivity contribution < 1.29 is 19.4 Å². The van der Waals surface area contributed by atoms with Crippen LogP contribution in [-0.4, -0.2) is 29.3 Å². The van der Waals surface area contributed by atoms with Gasteiger partial charge in [-0.2, -0.15) is 4.65 Å². The Balaban J connectivity index is 1.73. The summed E-state index contributed by atoms with van der Waals surface area (Å²) in [5.74, 6) is 1.88. The highest BCUT2D eigenvalue weighted by atomic mass is 16.5. The summed E-state index contributed by atoms with van der Waals surface area (Å²) in [5, 5.41) is 11.8. The molecule has 0 amide bonds. The zero-order valence-corrected chi connectivity index (χ0v) is 15.9. The first kappa shape index (κ1) is 18.2. The molecule has 4 atom stereocenters. The monoisotopic (exact) mass is 366 g/mol. The number of fused-ring (bicyclic) bond motifs is 1. The van der Waals surface area contributed by atoms with Gasteiger partial charge in [0, 0.05) is 36.3 Å². The summed E-state index contributed by atoms with van der Waals surface area (Å²) in [6.07, 6.45) is 3.06. The van der Waals surface area contributed by atoms with Gasteiger partial charge in [-0.3, -0.25) is 4.79 Å². The van der Waals surface area contributed by atoms with Gasteiger partial charge in [0.25, 0.3) is 0 Å². The molecule has 1 saturated carbocycles. The largest absolute Gasteiger partial charge is 0.497 e. The first-order chi connectivity index (χ1) is 13.1. The second kappa shape index (κ2) is 7.45. The summed E-state index contributed by atoms with van der Waals surface area (Å²) in [5.41, 5.74) is 2.25. The molecule has 0 bridgehead atoms. The minimum atomic E-state index is -0.0350. The van der Waals surface area contributed by atoms with Crippen LogP contribution in [0.4, 0.5) is 0 Å². The Morgan fingerprint density at radius 1 is 1.11 bits per heavy atom. The molecule has 2 aromatic rings. The predicted molar refractivity (Wildman–Crippen MR) is 103 cm³/mol. The van der Waals surface area contributed by atoms with Gasteiger partial charge in [-0.1, -0.05) is 42.5 Å². The minimum absolute atomic E-state index is 0.00649. The number of methoxy groups -OCH3 is 1. The summed E-state index contributed by atoms with van der Waals surface area (Å²) in [6.45, 7) is 1.26. The van der Waals surface area contributed by atoms with Crippen LogP contribution in [0.15, 0.2) is 54.6 Å². The minimum Gasteiger partial charge on any atom is -0.497 e. The number of carbonyl (C=O) groups excluding carboxylic acids is 1. The quantitative estimate of drug-likeness (QED) is 0.809. The SMILES string of the molecule is COc1cccc(C2C3CCC(=O)CC3CC[N+]2(O)Cc2ccccc2)c1. The number of quaternary nitrogens is 1. The van der Waals surface area contributed by atoms with E-state index >= 15 is 0 Å². The molecule has 0 aromatic heterocycles. The van der Waals surface area contributed by atoms with E-state index in [-0.39, 0.29) is 10.7 Å². The van der Waals surface area contributed by atoms with Gasteiger partial charge in [0.05, 0.1) is 7.11 Å². The first-order valence-electron chi connectivity index (χ1n) is 9.88. The molecular formula is C23H28NO3+. The van der Waals surface area contributed by atoms with Crippen LogP contribution in [0, 0.1) is 11.8 Å². The van der Waals surface area contributed by atoms with E-state index in [1.54, 1.807) is 7.11 Å². The molecule has 1 aliphatic carbocycles. The number of ketones is 1. The van der Waals surface area contributed by atoms with E-state index < -0.39 is 0 Å². The summed E-state index contributed by atoms with van der Waals surface area (Å²) >= 11 is 0. The Bertz CT molecular complexity index is 806. The molecule has 0 spiro atoms. The van der Waals surface area contributed by atoms with Crippen molar-refractivity contribution >= 4 is 5.78 Å². The molecule has 1 aliphatic heterocycles. The number of benzene rings is 2. The van der Waals surface area contributed by atoms with Gasteiger partial charge in [-0.05, 0) is 24.5 Å². The number of hydrogen-bond acceptors (Lipinski definition) is 3. The maximum Gasteiger partial charge on any atom is 0.148 e. The van der Waals surface area contributed by atoms with Crippen LogP contribution in [0.25, 0.3) is 0 Å². The van der Waals surface area contributed by atoms with Gasteiger partial charge >= 0.3 is 0 Å². The zero-order valence-electron chi connectivity index (χ0n) is 15.9. The van der Waals surface area contributed by atoms with Crippen molar-refractivity contribution in [2.45, 2.75) is 38.3 Å². The third-order valence-corrected chi connectivity index (χ3v) is 6.40. The third kappa shape index (κ3) is 3.64. The molecule has 0 radical (unpaired) electrons. The molecule has 2 fully saturated rings. The highest BCUT2D eigenvalue weighted by Crippen LogP contribution is 2.49. The lowest BCUT2D eigenvalue weighted by atomic mass is 9.68. The molecule has 2 aliphatic rings. The number of rotatable bonds is 4. The van der Waals surface area contributed by atoms with Crippen molar-refractivity contribution in [2.24, 2.45) is 11.8 Å². The number of hydroxylamine groups is 3. The van der Waals surface area contributed by atoms with Crippen LogP contribution in [0.5, 0.6) is 5.75 Å². The van der Waals surface area contributed by atoms with Crippen LogP contribution in [0.3, 0.4) is 0 Å². The van der Waals surface area contributed by atoms with Crippen LogP contribution >= 0.6 is 0 Å². The van der Waals surface area contributed by atoms with Gasteiger partial charge in [0.15, 0.2) is 0 Å². The maximum atomic E-state index is 12.0. The second-order valence-corrected chi connectivity index (χ2v) is 8.07. The third-order valence-electron chi connectivity index (χ3n) is 6.40. The normalized spacial score (nSPS) is 30.6. The fourth-order valence-corrected chi connectivity index (χ4v) is 5.15. The lowest BCUT2D eigenvalue weighted by Crippen LogP contribution is -2.56. The summed E-state index contributed by atoms with van der Waals surface area (Å²) < 4.78 is 5.45. The highest BCUT2D eigenvalue weighted by molar-refractivity contribution is 5.79. The van der Waals surface area contributed by atoms with Crippen molar-refractivity contribution in [1.82, 2.24) is 0 Å². The predicted octanol–water partition coefficient (Wildman–Crippen LogP) is 4.53. The summed E-state index contributed by atoms with van der Waals surface area (Å²) in [7, 11) is 1.67. The van der Waals surface area contributed by atoms with Crippen molar-refractivity contribution in [3.05, 3.63) is 65.7 Å². The molecule has 2 aromatic carbocycles. The molecule has 4 unspecified atom stereocenters. The molecule has 142 valence electrons. The molecular weight excluding hydrogens is 338 g/mol. The van der Waals surface area contributed by atoms with Crippen molar-refractivity contribution in [2.75, 3.05) is 13.7 Å². The smallest absolute Gasteiger partial charge is 0.148 e. The number of carbonyl (C=O) groups is 1. The van der Waals surface area contributed by atoms with Gasteiger partial charge < -0.3 is 4.74 Å². The maximum absolute atomic E-state index is 12.0. The number of Topliss-reactive ketones (excluding diaryl/α,β-unsaturated/α-hetero) is 1. The first-order valence-corrected chi connectivity index (χ1v) is 9.88. The van der Waals surface area contributed by atoms with Gasteiger partial charge in [-0.15, -0.1) is 0 Å². The molecule has 1 heterocycles. The van der Waals surface area contributed by atoms with Crippen LogP contribution < -0.4 is 4.74 Å². The van der Waals surface area contributed by atoms with E-state index in [1.165, 1.54) is 0 Å². The molecule has 4 rings (SSSR count). The van der Waals surface area contributed by atoms with E-state index in [4.69, 9.17) is 4.74 Å². The van der Waals surface area contributed by atoms with Crippen LogP contribution in [0.1, 0.15) is 42.9 Å². The van der Waals surface area contributed by atoms with Crippen LogP contribution in [-0.2, 0) is 11.3 Å². The number of nitrogens with zero attached hydrogens (tertiary/aromatic N) is 1. The second-order valence-electron chi connectivity index (χ2n) is 8.07. The number of piperidine rings is 1. The molecule has 1 saturated heterocycles. The Hall–Kier alpha value is -2.17. The number of ether oxygens (including phenoxy) is 1. The zero-order chi connectivity index (χ0) is 18.9. The molecule has 4 heteroatoms. The lowest BCUT2D eigenvalue weighted by Gasteiger charge is -2.49. The molecule has 27 heavy (non-hydrogen) atoms. The lowest BCUT2D eigenvalue weighted by molar-refractivity contribution is -1.14. The van der Waals surface area contributed by atoms with Crippen molar-refractivity contribution in [1.29, 1.82) is 0 Å². The van der Waals surface area contributed by atoms with Crippen LogP contribution in [0.2, 0.25) is 0 Å². The fraction of sp³-hybridized carbons (Fsp3) is 0.435. The Morgan fingerprint density at radius 2 is 1.93 bits per heavy atom. The van der Waals surface area contributed by atoms with E-state index in [2.05, 4.69) is 24.3 Å². The Morgan fingerprint density at radius 3 is 2.70 bits per heavy atom. The average Bonchev–Trinajstić information content (AvgIpc) is 2.69. The van der Waals surface area contributed by atoms with E-state index in [1.807, 2.05) is 30.3 Å². The van der Waals surface area contributed by atoms with Crippen molar-refractivity contribution in [3.8, 4) is 5.75 Å². The van der Waals surface area contributed by atoms with E-state index in [0.717, 1.165) is 29.7 Å². The van der Waals surface area contributed by atoms with E-state index in [0.29, 0.717) is 43.6 Å². The summed E-state index contributed by atoms with van der Waals surface area (Å²) in [6, 6.07) is 18.3. The fourth-order valence-electron chi connectivity index (χ4n) is 5.15. The number of likely N-dealkylation sites (tertiary alicyclic amines) is 1. The van der Waals surface area contributed by atoms with E-state index in [9.17, 15) is 10.0 Å². The topological polar surface area (TPSA) is 46.5 Å². The summed E-state index contributed by atoms with van der Waals surface area (Å²) in [4.78, 5) is 12.0.